The third-order valence-corrected chi connectivity index (χ3v) is 2.24. The van der Waals surface area contributed by atoms with Crippen LogP contribution in [0.3, 0.4) is 0 Å². The molecule has 0 spiro atoms. The van der Waals surface area contributed by atoms with Crippen molar-refractivity contribution in [2.45, 2.75) is 0 Å². The highest BCUT2D eigenvalue weighted by Crippen LogP contribution is 2.23. The Labute approximate surface area is 91.8 Å². The van der Waals surface area contributed by atoms with Crippen molar-refractivity contribution in [3.8, 4) is 11.4 Å². The largest absolute Gasteiger partial charge is 0.296 e. The number of hydrogen-bond donors (Lipinski definition) is 0. The van der Waals surface area contributed by atoms with Crippen molar-refractivity contribution in [1.29, 1.82) is 0 Å². The van der Waals surface area contributed by atoms with Gasteiger partial charge in [-0.05, 0) is 18.2 Å². The maximum absolute atomic E-state index is 10.6. The number of rotatable bonds is 2. The Bertz CT molecular complexity index is 499. The van der Waals surface area contributed by atoms with Crippen LogP contribution in [0.1, 0.15) is 10.5 Å². The fourth-order valence-electron chi connectivity index (χ4n) is 1.21. The Balaban J connectivity index is 2.54. The quantitative estimate of drug-likeness (QED) is 0.728. The molecule has 0 radical (unpaired) electrons. The van der Waals surface area contributed by atoms with Crippen LogP contribution in [0.15, 0.2) is 36.5 Å². The molecular weight excluding hydrogens is 212 g/mol. The van der Waals surface area contributed by atoms with Gasteiger partial charge in [-0.3, -0.25) is 4.79 Å². The number of hydrogen-bond acceptors (Lipinski definition) is 3. The van der Waals surface area contributed by atoms with E-state index in [0.717, 1.165) is 5.56 Å². The molecule has 4 heteroatoms. The maximum Gasteiger partial charge on any atom is 0.168 e. The van der Waals surface area contributed by atoms with Crippen LogP contribution < -0.4 is 0 Å². The van der Waals surface area contributed by atoms with Crippen molar-refractivity contribution in [3.63, 3.8) is 0 Å². The van der Waals surface area contributed by atoms with E-state index in [1.807, 2.05) is 18.2 Å². The molecule has 0 aliphatic rings. The van der Waals surface area contributed by atoms with Gasteiger partial charge in [0.2, 0.25) is 0 Å². The summed E-state index contributed by atoms with van der Waals surface area (Å²) in [6.45, 7) is 0. The molecule has 2 rings (SSSR count). The van der Waals surface area contributed by atoms with Gasteiger partial charge in [-0.25, -0.2) is 9.97 Å². The second kappa shape index (κ2) is 4.19. The molecule has 0 saturated carbocycles. The fourth-order valence-corrected chi connectivity index (χ4v) is 1.43. The van der Waals surface area contributed by atoms with Gasteiger partial charge in [-0.2, -0.15) is 0 Å². The van der Waals surface area contributed by atoms with Crippen molar-refractivity contribution < 1.29 is 4.79 Å². The van der Waals surface area contributed by atoms with Gasteiger partial charge in [0.05, 0.1) is 5.02 Å². The standard InChI is InChI=1S/C11H7ClN2O/c12-10-4-2-1-3-9(10)11-13-6-5-8(7-15)14-11/h1-7H. The van der Waals surface area contributed by atoms with Gasteiger partial charge in [0.1, 0.15) is 5.69 Å². The van der Waals surface area contributed by atoms with Gasteiger partial charge in [-0.1, -0.05) is 23.7 Å². The Morgan fingerprint density at radius 2 is 2.00 bits per heavy atom. The van der Waals surface area contributed by atoms with E-state index >= 15 is 0 Å². The lowest BCUT2D eigenvalue weighted by Gasteiger charge is -2.01. The number of carbonyl (C=O) groups is 1. The van der Waals surface area contributed by atoms with E-state index in [1.165, 1.54) is 6.20 Å². The van der Waals surface area contributed by atoms with Gasteiger partial charge in [0.25, 0.3) is 0 Å². The van der Waals surface area contributed by atoms with Gasteiger partial charge in [0.15, 0.2) is 12.1 Å². The summed E-state index contributed by atoms with van der Waals surface area (Å²) < 4.78 is 0. The summed E-state index contributed by atoms with van der Waals surface area (Å²) in [6.07, 6.45) is 2.22. The molecular formula is C11H7ClN2O. The highest BCUT2D eigenvalue weighted by atomic mass is 35.5. The summed E-state index contributed by atoms with van der Waals surface area (Å²) in [6, 6.07) is 8.79. The van der Waals surface area contributed by atoms with Crippen molar-refractivity contribution in [3.05, 3.63) is 47.2 Å². The lowest BCUT2D eigenvalue weighted by Crippen LogP contribution is -1.93. The van der Waals surface area contributed by atoms with Crippen LogP contribution in [0.4, 0.5) is 0 Å². The smallest absolute Gasteiger partial charge is 0.168 e. The molecule has 0 fully saturated rings. The second-order valence-electron chi connectivity index (χ2n) is 2.90. The maximum atomic E-state index is 10.6. The summed E-state index contributed by atoms with van der Waals surface area (Å²) in [4.78, 5) is 18.7. The molecule has 0 aliphatic heterocycles. The zero-order valence-electron chi connectivity index (χ0n) is 7.72. The van der Waals surface area contributed by atoms with Crippen LogP contribution in [0.25, 0.3) is 11.4 Å². The molecule has 74 valence electrons. The van der Waals surface area contributed by atoms with E-state index in [9.17, 15) is 4.79 Å². The normalized spacial score (nSPS) is 9.93. The van der Waals surface area contributed by atoms with Crippen LogP contribution in [-0.2, 0) is 0 Å². The van der Waals surface area contributed by atoms with Gasteiger partial charge >= 0.3 is 0 Å². The van der Waals surface area contributed by atoms with E-state index in [-0.39, 0.29) is 0 Å². The molecule has 1 heterocycles. The minimum absolute atomic E-state index is 0.347. The topological polar surface area (TPSA) is 42.9 Å². The van der Waals surface area contributed by atoms with E-state index in [4.69, 9.17) is 11.6 Å². The molecule has 0 aliphatic carbocycles. The molecule has 15 heavy (non-hydrogen) atoms. The van der Waals surface area contributed by atoms with Gasteiger partial charge in [-0.15, -0.1) is 0 Å². The lowest BCUT2D eigenvalue weighted by atomic mass is 10.2. The van der Waals surface area contributed by atoms with E-state index in [2.05, 4.69) is 9.97 Å². The van der Waals surface area contributed by atoms with Crippen molar-refractivity contribution >= 4 is 17.9 Å². The third kappa shape index (κ3) is 2.02. The number of nitrogens with zero attached hydrogens (tertiary/aromatic N) is 2. The molecule has 0 bridgehead atoms. The number of benzene rings is 1. The summed E-state index contributed by atoms with van der Waals surface area (Å²) in [5, 5.41) is 0.570. The van der Waals surface area contributed by atoms with Crippen LogP contribution in [0, 0.1) is 0 Å². The van der Waals surface area contributed by atoms with Crippen LogP contribution in [0.5, 0.6) is 0 Å². The van der Waals surface area contributed by atoms with E-state index < -0.39 is 0 Å². The number of carbonyl (C=O) groups excluding carboxylic acids is 1. The molecule has 2 aromatic rings. The molecule has 0 saturated heterocycles. The Morgan fingerprint density at radius 3 is 2.73 bits per heavy atom. The summed E-state index contributed by atoms with van der Waals surface area (Å²) in [5.74, 6) is 0.463. The summed E-state index contributed by atoms with van der Waals surface area (Å²) in [5.41, 5.74) is 1.07. The Hall–Kier alpha value is -1.74. The molecule has 0 atom stereocenters. The number of aldehydes is 1. The first kappa shape index (κ1) is 9.80. The first-order chi connectivity index (χ1) is 7.31. The van der Waals surface area contributed by atoms with Crippen molar-refractivity contribution in [2.24, 2.45) is 0 Å². The molecule has 1 aromatic carbocycles. The highest BCUT2D eigenvalue weighted by molar-refractivity contribution is 6.33. The molecule has 0 unspecified atom stereocenters. The van der Waals surface area contributed by atoms with Gasteiger partial charge < -0.3 is 0 Å². The summed E-state index contributed by atoms with van der Waals surface area (Å²) >= 11 is 5.99. The molecule has 3 nitrogen and oxygen atoms in total. The number of halogens is 1. The zero-order chi connectivity index (χ0) is 10.7. The van der Waals surface area contributed by atoms with Crippen molar-refractivity contribution in [1.82, 2.24) is 9.97 Å². The summed E-state index contributed by atoms with van der Waals surface area (Å²) in [7, 11) is 0. The fraction of sp³-hybridized carbons (Fsp3) is 0. The highest BCUT2D eigenvalue weighted by Gasteiger charge is 2.05. The average Bonchev–Trinajstić information content (AvgIpc) is 2.30. The predicted molar refractivity (Wildman–Crippen MR) is 57.9 cm³/mol. The van der Waals surface area contributed by atoms with Crippen molar-refractivity contribution in [2.75, 3.05) is 0 Å². The first-order valence-electron chi connectivity index (χ1n) is 4.34. The van der Waals surface area contributed by atoms with E-state index in [0.29, 0.717) is 22.8 Å². The van der Waals surface area contributed by atoms with E-state index in [1.54, 1.807) is 12.1 Å². The molecule has 0 amide bonds. The SMILES string of the molecule is O=Cc1ccnc(-c2ccccc2Cl)n1. The first-order valence-corrected chi connectivity index (χ1v) is 4.72. The third-order valence-electron chi connectivity index (χ3n) is 1.91. The molecule has 0 N–H and O–H groups in total. The predicted octanol–water partition coefficient (Wildman–Crippen LogP) is 2.61. The second-order valence-corrected chi connectivity index (χ2v) is 3.31. The molecule has 1 aromatic heterocycles. The van der Waals surface area contributed by atoms with Crippen LogP contribution in [0.2, 0.25) is 5.02 Å². The zero-order valence-corrected chi connectivity index (χ0v) is 8.48. The Morgan fingerprint density at radius 1 is 1.20 bits per heavy atom. The minimum Gasteiger partial charge on any atom is -0.296 e. The lowest BCUT2D eigenvalue weighted by molar-refractivity contribution is 0.111. The van der Waals surface area contributed by atoms with Gasteiger partial charge in [0, 0.05) is 11.8 Å². The minimum atomic E-state index is 0.347. The van der Waals surface area contributed by atoms with Crippen LogP contribution >= 0.6 is 11.6 Å². The number of aromatic nitrogens is 2. The Kier molecular flexibility index (Phi) is 2.74. The monoisotopic (exact) mass is 218 g/mol. The van der Waals surface area contributed by atoms with Crippen LogP contribution in [-0.4, -0.2) is 16.3 Å². The average molecular weight is 219 g/mol.